The van der Waals surface area contributed by atoms with Gasteiger partial charge in [0.05, 0.1) is 29.8 Å². The van der Waals surface area contributed by atoms with E-state index in [0.717, 1.165) is 70.3 Å². The van der Waals surface area contributed by atoms with Crippen LogP contribution in [0, 0.1) is 17.7 Å². The van der Waals surface area contributed by atoms with Gasteiger partial charge in [-0.3, -0.25) is 29.3 Å². The summed E-state index contributed by atoms with van der Waals surface area (Å²) in [4.78, 5) is 82.0. The molecular weight excluding hydrogens is 910 g/mol. The molecule has 18 nitrogen and oxygen atoms in total. The van der Waals surface area contributed by atoms with Crippen LogP contribution < -0.4 is 21.3 Å². The van der Waals surface area contributed by atoms with Crippen LogP contribution in [0.2, 0.25) is 0 Å². The lowest BCUT2D eigenvalue weighted by Crippen LogP contribution is -2.49. The molecule has 1 atom stereocenters. The molecule has 0 saturated carbocycles. The Hall–Kier alpha value is -7.51. The predicted octanol–water partition coefficient (Wildman–Crippen LogP) is 6.69. The van der Waals surface area contributed by atoms with E-state index in [4.69, 9.17) is 14.9 Å². The van der Waals surface area contributed by atoms with Gasteiger partial charge in [-0.15, -0.1) is 0 Å². The number of urea groups is 1. The van der Waals surface area contributed by atoms with E-state index in [1.807, 2.05) is 21.8 Å². The van der Waals surface area contributed by atoms with E-state index in [9.17, 15) is 28.4 Å². The van der Waals surface area contributed by atoms with E-state index in [2.05, 4.69) is 35.5 Å². The molecule has 71 heavy (non-hydrogen) atoms. The molecule has 19 heteroatoms. The molecular formula is C52H56FN11O7. The van der Waals surface area contributed by atoms with Crippen molar-refractivity contribution in [3.05, 3.63) is 120 Å². The molecule has 3 aromatic carbocycles. The number of aromatic nitrogens is 4. The van der Waals surface area contributed by atoms with Gasteiger partial charge >= 0.3 is 12.0 Å². The summed E-state index contributed by atoms with van der Waals surface area (Å²) in [5.74, 6) is -1.27. The highest BCUT2D eigenvalue weighted by molar-refractivity contribution is 6.10. The number of anilines is 3. The number of nitrogen functional groups attached to an aromatic ring is 1. The zero-order valence-electron chi connectivity index (χ0n) is 39.3. The van der Waals surface area contributed by atoms with Crippen LogP contribution >= 0.6 is 0 Å². The third-order valence-corrected chi connectivity index (χ3v) is 14.3. The van der Waals surface area contributed by atoms with Crippen molar-refractivity contribution in [2.24, 2.45) is 11.8 Å². The summed E-state index contributed by atoms with van der Waals surface area (Å²) in [7, 11) is 0. The number of nitrogens with zero attached hydrogens (tertiary/aromatic N) is 8. The maximum Gasteiger partial charge on any atom is 0.361 e. The van der Waals surface area contributed by atoms with Crippen molar-refractivity contribution in [3.8, 4) is 11.3 Å². The minimum Gasteiger partial charge on any atom is -0.462 e. The maximum absolute atomic E-state index is 13.6. The van der Waals surface area contributed by atoms with Gasteiger partial charge in [0, 0.05) is 86.2 Å². The van der Waals surface area contributed by atoms with Crippen LogP contribution in [-0.4, -0.2) is 123 Å². The number of piperidine rings is 3. The third-order valence-electron chi connectivity index (χ3n) is 14.3. The first-order valence-electron chi connectivity index (χ1n) is 24.4. The van der Waals surface area contributed by atoms with Crippen LogP contribution in [0.4, 0.5) is 26.4 Å². The van der Waals surface area contributed by atoms with Gasteiger partial charge in [-0.2, -0.15) is 5.10 Å². The van der Waals surface area contributed by atoms with Gasteiger partial charge < -0.3 is 34.9 Å². The number of furan rings is 1. The number of nitrogens with two attached hydrogens (primary N) is 1. The van der Waals surface area contributed by atoms with Crippen LogP contribution in [0.1, 0.15) is 83.5 Å². The van der Waals surface area contributed by atoms with Crippen molar-refractivity contribution in [1.82, 2.24) is 39.8 Å². The lowest BCUT2D eigenvalue weighted by molar-refractivity contribution is -0.125. The number of carbonyl (C=O) groups excluding carboxylic acids is 5. The fraction of sp³-hybridized carbons (Fsp3) is 0.385. The van der Waals surface area contributed by atoms with Crippen molar-refractivity contribution in [1.29, 1.82) is 0 Å². The second-order valence-corrected chi connectivity index (χ2v) is 19.0. The number of imide groups is 1. The number of nitrogens with one attached hydrogen (secondary N) is 2. The number of amides is 5. The number of esters is 1. The first-order valence-corrected chi connectivity index (χ1v) is 24.4. The van der Waals surface area contributed by atoms with Gasteiger partial charge in [0.2, 0.25) is 12.0 Å². The van der Waals surface area contributed by atoms with E-state index in [-0.39, 0.29) is 42.3 Å². The molecule has 4 N–H and O–H groups in total. The standard InChI is InChI=1S/C52H56FN11O7/c53-38-7-9-39(10-8-38)57-49(66)47(35-4-2-1-3-5-35)71-51(68)46-48(54)55-28-42(58-46)37-27-56-64(31-37)40-16-21-61(22-17-40)29-33-12-19-60(20-13-33)30-34-14-23-62(24-15-34)50(67)36-6-11-41-43(32-70-44(41)26-36)63-25-18-45(65)59-52(63)69/h1-11,26-28,31-34,40,47H,12-25,29-30H2,(H2,54,55)(H,57,66)(H,59,65,69)/t47-/m1/s1. The summed E-state index contributed by atoms with van der Waals surface area (Å²) in [6.45, 7) is 7.98. The number of fused-ring (bicyclic) bond motifs is 1. The largest absolute Gasteiger partial charge is 0.462 e. The van der Waals surface area contributed by atoms with Crippen LogP contribution in [0.3, 0.4) is 0 Å². The average Bonchev–Trinajstić information content (AvgIpc) is 4.06. The number of likely N-dealkylation sites (tertiary alicyclic amines) is 3. The smallest absolute Gasteiger partial charge is 0.361 e. The Kier molecular flexibility index (Phi) is 13.8. The number of ether oxygens (including phenoxy) is 1. The Morgan fingerprint density at radius 1 is 0.845 bits per heavy atom. The molecule has 0 spiro atoms. The molecule has 4 saturated heterocycles. The van der Waals surface area contributed by atoms with Gasteiger partial charge in [0.15, 0.2) is 11.5 Å². The summed E-state index contributed by atoms with van der Waals surface area (Å²) in [6, 6.07) is 18.9. The molecule has 4 fully saturated rings. The summed E-state index contributed by atoms with van der Waals surface area (Å²) in [5, 5.41) is 10.4. The Morgan fingerprint density at radius 2 is 1.54 bits per heavy atom. The van der Waals surface area contributed by atoms with Crippen LogP contribution in [-0.2, 0) is 14.3 Å². The second kappa shape index (κ2) is 20.8. The van der Waals surface area contributed by atoms with Gasteiger partial charge in [0.25, 0.3) is 11.8 Å². The van der Waals surface area contributed by atoms with E-state index in [1.165, 1.54) is 54.5 Å². The maximum atomic E-state index is 13.6. The quantitative estimate of drug-likeness (QED) is 0.103. The molecule has 0 radical (unpaired) electrons. The lowest BCUT2D eigenvalue weighted by Gasteiger charge is -2.39. The average molecular weight is 966 g/mol. The van der Waals surface area contributed by atoms with Crippen molar-refractivity contribution in [2.45, 2.75) is 57.1 Å². The molecule has 6 aromatic rings. The number of hydrogen-bond donors (Lipinski definition) is 3. The van der Waals surface area contributed by atoms with Crippen LogP contribution in [0.25, 0.3) is 22.2 Å². The molecule has 5 amide bonds. The first kappa shape index (κ1) is 47.2. The molecule has 0 bridgehead atoms. The molecule has 7 heterocycles. The van der Waals surface area contributed by atoms with Crippen molar-refractivity contribution in [2.75, 3.05) is 74.9 Å². The highest BCUT2D eigenvalue weighted by atomic mass is 19.1. The summed E-state index contributed by atoms with van der Waals surface area (Å²) in [6.07, 6.45) is 11.7. The normalized spacial score (nSPS) is 18.4. The van der Waals surface area contributed by atoms with Gasteiger partial charge in [0.1, 0.15) is 17.7 Å². The zero-order valence-corrected chi connectivity index (χ0v) is 39.3. The number of hydrogen-bond acceptors (Lipinski definition) is 13. The van der Waals surface area contributed by atoms with Gasteiger partial charge in [-0.1, -0.05) is 30.3 Å². The van der Waals surface area contributed by atoms with Gasteiger partial charge in [-0.05, 0) is 106 Å². The van der Waals surface area contributed by atoms with Crippen molar-refractivity contribution < 1.29 is 37.5 Å². The fourth-order valence-corrected chi connectivity index (χ4v) is 10.3. The predicted molar refractivity (Wildman–Crippen MR) is 262 cm³/mol. The van der Waals surface area contributed by atoms with E-state index in [1.54, 1.807) is 48.7 Å². The minimum absolute atomic E-state index is 0.0163. The SMILES string of the molecule is Nc1ncc(-c2cnn(C3CCN(CC4CCN(CC5CCN(C(=O)c6ccc7c(N8CCC(=O)NC8=O)coc7c6)CC5)CC4)CC3)c2)nc1C(=O)O[C@@H](C(=O)Nc1ccc(F)cc1)c1ccccc1. The number of benzene rings is 3. The van der Waals surface area contributed by atoms with E-state index < -0.39 is 29.8 Å². The summed E-state index contributed by atoms with van der Waals surface area (Å²) < 4.78 is 27.0. The molecule has 0 aliphatic carbocycles. The van der Waals surface area contributed by atoms with Crippen molar-refractivity contribution in [3.63, 3.8) is 0 Å². The Bertz CT molecular complexity index is 2900. The van der Waals surface area contributed by atoms with E-state index in [0.29, 0.717) is 64.3 Å². The summed E-state index contributed by atoms with van der Waals surface area (Å²) in [5.41, 5.74) is 9.39. The monoisotopic (exact) mass is 965 g/mol. The van der Waals surface area contributed by atoms with E-state index >= 15 is 0 Å². The van der Waals surface area contributed by atoms with Crippen LogP contribution in [0.15, 0.2) is 102 Å². The first-order chi connectivity index (χ1) is 34.5. The molecule has 368 valence electrons. The zero-order chi connectivity index (χ0) is 49.0. The Labute approximate surface area is 409 Å². The number of rotatable bonds is 13. The molecule has 10 rings (SSSR count). The van der Waals surface area contributed by atoms with Crippen LogP contribution in [0.5, 0.6) is 0 Å². The summed E-state index contributed by atoms with van der Waals surface area (Å²) >= 11 is 0. The molecule has 4 aliphatic rings. The Morgan fingerprint density at radius 3 is 2.24 bits per heavy atom. The fourth-order valence-electron chi connectivity index (χ4n) is 10.3. The molecule has 3 aromatic heterocycles. The molecule has 4 aliphatic heterocycles. The topological polar surface area (TPSA) is 214 Å². The highest BCUT2D eigenvalue weighted by Gasteiger charge is 2.32. The Balaban J connectivity index is 0.659. The second-order valence-electron chi connectivity index (χ2n) is 19.0. The lowest BCUT2D eigenvalue weighted by atomic mass is 9.91. The number of carbonyl (C=O) groups is 5. The third kappa shape index (κ3) is 10.8. The minimum atomic E-state index is -1.36. The highest BCUT2D eigenvalue weighted by Crippen LogP contribution is 2.33. The van der Waals surface area contributed by atoms with Gasteiger partial charge in [-0.25, -0.2) is 23.9 Å². The van der Waals surface area contributed by atoms with Crippen molar-refractivity contribution >= 4 is 57.9 Å². The molecule has 0 unspecified atom stereocenters. The number of halogens is 1.